The minimum Gasteiger partial charge on any atom is -0.459 e. The molecule has 0 saturated carbocycles. The minimum atomic E-state index is -0.254. The van der Waals surface area contributed by atoms with E-state index in [0.29, 0.717) is 17.9 Å². The Balaban J connectivity index is 3.85. The quantitative estimate of drug-likeness (QED) is 0.485. The van der Waals surface area contributed by atoms with Crippen molar-refractivity contribution in [2.24, 2.45) is 5.92 Å². The van der Waals surface area contributed by atoms with E-state index in [9.17, 15) is 4.79 Å². The van der Waals surface area contributed by atoms with Crippen LogP contribution < -0.4 is 0 Å². The number of hydrogen-bond acceptors (Lipinski definition) is 2. The molecule has 0 heterocycles. The van der Waals surface area contributed by atoms with Gasteiger partial charge in [-0.2, -0.15) is 0 Å². The normalized spacial score (nSPS) is 12.7. The lowest BCUT2D eigenvalue weighted by molar-refractivity contribution is -0.144. The SMILES string of the molecule is C=C(CC)C(=O)OC(C)CC(C)C. The molecule has 0 aliphatic rings. The smallest absolute Gasteiger partial charge is 0.333 e. The molecule has 0 aromatic carbocycles. The second-order valence-corrected chi connectivity index (χ2v) is 3.80. The molecule has 0 amide bonds. The van der Waals surface area contributed by atoms with Crippen LogP contribution in [0.1, 0.15) is 40.5 Å². The molecule has 0 spiro atoms. The lowest BCUT2D eigenvalue weighted by atomic mass is 10.1. The first kappa shape index (κ1) is 12.2. The zero-order valence-electron chi connectivity index (χ0n) is 9.09. The van der Waals surface area contributed by atoms with Gasteiger partial charge in [0.1, 0.15) is 0 Å². The van der Waals surface area contributed by atoms with Crippen molar-refractivity contribution in [3.8, 4) is 0 Å². The second kappa shape index (κ2) is 5.79. The summed E-state index contributed by atoms with van der Waals surface area (Å²) in [6.45, 7) is 11.7. The van der Waals surface area contributed by atoms with Crippen LogP contribution in [0.5, 0.6) is 0 Å². The maximum absolute atomic E-state index is 11.2. The van der Waals surface area contributed by atoms with Gasteiger partial charge in [-0.1, -0.05) is 27.4 Å². The molecule has 0 radical (unpaired) electrons. The van der Waals surface area contributed by atoms with Crippen molar-refractivity contribution >= 4 is 5.97 Å². The molecule has 13 heavy (non-hydrogen) atoms. The Morgan fingerprint density at radius 3 is 2.31 bits per heavy atom. The van der Waals surface area contributed by atoms with Gasteiger partial charge in [0.2, 0.25) is 0 Å². The third kappa shape index (κ3) is 5.45. The van der Waals surface area contributed by atoms with Gasteiger partial charge in [-0.25, -0.2) is 4.79 Å². The van der Waals surface area contributed by atoms with Gasteiger partial charge >= 0.3 is 5.97 Å². The molecule has 1 atom stereocenters. The third-order valence-electron chi connectivity index (χ3n) is 1.83. The van der Waals surface area contributed by atoms with Crippen LogP contribution in [0.25, 0.3) is 0 Å². The first-order valence-corrected chi connectivity index (χ1v) is 4.86. The Morgan fingerprint density at radius 1 is 1.38 bits per heavy atom. The number of ether oxygens (including phenoxy) is 1. The van der Waals surface area contributed by atoms with Gasteiger partial charge in [0, 0.05) is 5.57 Å². The first-order chi connectivity index (χ1) is 5.97. The van der Waals surface area contributed by atoms with Gasteiger partial charge in [0.15, 0.2) is 0 Å². The van der Waals surface area contributed by atoms with Crippen LogP contribution in [0.15, 0.2) is 12.2 Å². The first-order valence-electron chi connectivity index (χ1n) is 4.86. The van der Waals surface area contributed by atoms with Crippen LogP contribution in [-0.2, 0) is 9.53 Å². The average molecular weight is 184 g/mol. The molecule has 76 valence electrons. The van der Waals surface area contributed by atoms with E-state index < -0.39 is 0 Å². The molecule has 0 saturated heterocycles. The van der Waals surface area contributed by atoms with E-state index in [0.717, 1.165) is 6.42 Å². The predicted octanol–water partition coefficient (Wildman–Crippen LogP) is 2.93. The second-order valence-electron chi connectivity index (χ2n) is 3.80. The summed E-state index contributed by atoms with van der Waals surface area (Å²) < 4.78 is 5.18. The summed E-state index contributed by atoms with van der Waals surface area (Å²) >= 11 is 0. The van der Waals surface area contributed by atoms with Gasteiger partial charge in [0.05, 0.1) is 6.10 Å². The van der Waals surface area contributed by atoms with Crippen LogP contribution in [0, 0.1) is 5.92 Å². The summed E-state index contributed by atoms with van der Waals surface area (Å²) in [5.74, 6) is 0.299. The molecule has 0 bridgehead atoms. The van der Waals surface area contributed by atoms with Gasteiger partial charge in [-0.3, -0.25) is 0 Å². The van der Waals surface area contributed by atoms with Crippen molar-refractivity contribution in [3.05, 3.63) is 12.2 Å². The fraction of sp³-hybridized carbons (Fsp3) is 0.727. The van der Waals surface area contributed by atoms with E-state index in [-0.39, 0.29) is 12.1 Å². The summed E-state index contributed by atoms with van der Waals surface area (Å²) in [6, 6.07) is 0. The zero-order valence-corrected chi connectivity index (χ0v) is 9.09. The van der Waals surface area contributed by atoms with Gasteiger partial charge in [-0.05, 0) is 25.7 Å². The Hall–Kier alpha value is -0.790. The van der Waals surface area contributed by atoms with Crippen molar-refractivity contribution in [2.45, 2.75) is 46.6 Å². The van der Waals surface area contributed by atoms with Crippen LogP contribution in [0.4, 0.5) is 0 Å². The van der Waals surface area contributed by atoms with Gasteiger partial charge in [0.25, 0.3) is 0 Å². The molecule has 0 aromatic heterocycles. The lowest BCUT2D eigenvalue weighted by Crippen LogP contribution is -2.17. The molecule has 1 unspecified atom stereocenters. The fourth-order valence-electron chi connectivity index (χ4n) is 1.12. The van der Waals surface area contributed by atoms with E-state index in [1.807, 2.05) is 13.8 Å². The Morgan fingerprint density at radius 2 is 1.92 bits per heavy atom. The van der Waals surface area contributed by atoms with Crippen molar-refractivity contribution in [3.63, 3.8) is 0 Å². The van der Waals surface area contributed by atoms with Gasteiger partial charge in [-0.15, -0.1) is 0 Å². The molecule has 0 aromatic rings. The molecular formula is C11H20O2. The van der Waals surface area contributed by atoms with E-state index in [1.54, 1.807) is 0 Å². The van der Waals surface area contributed by atoms with E-state index in [2.05, 4.69) is 20.4 Å². The van der Waals surface area contributed by atoms with Crippen molar-refractivity contribution < 1.29 is 9.53 Å². The van der Waals surface area contributed by atoms with Crippen LogP contribution >= 0.6 is 0 Å². The largest absolute Gasteiger partial charge is 0.459 e. The highest BCUT2D eigenvalue weighted by molar-refractivity contribution is 5.87. The fourth-order valence-corrected chi connectivity index (χ4v) is 1.12. The molecule has 2 heteroatoms. The van der Waals surface area contributed by atoms with E-state index >= 15 is 0 Å². The summed E-state index contributed by atoms with van der Waals surface area (Å²) in [5.41, 5.74) is 0.551. The lowest BCUT2D eigenvalue weighted by Gasteiger charge is -2.15. The number of hydrogen-bond donors (Lipinski definition) is 0. The summed E-state index contributed by atoms with van der Waals surface area (Å²) in [6.07, 6.45) is 1.56. The highest BCUT2D eigenvalue weighted by Crippen LogP contribution is 2.10. The van der Waals surface area contributed by atoms with Gasteiger partial charge < -0.3 is 4.74 Å². The van der Waals surface area contributed by atoms with Crippen LogP contribution in [0.3, 0.4) is 0 Å². The Labute approximate surface area is 81.0 Å². The predicted molar refractivity (Wildman–Crippen MR) is 54.4 cm³/mol. The molecule has 0 fully saturated rings. The Kier molecular flexibility index (Phi) is 5.44. The molecule has 0 N–H and O–H groups in total. The maximum Gasteiger partial charge on any atom is 0.333 e. The van der Waals surface area contributed by atoms with Crippen molar-refractivity contribution in [1.29, 1.82) is 0 Å². The molecule has 0 rings (SSSR count). The molecular weight excluding hydrogens is 164 g/mol. The monoisotopic (exact) mass is 184 g/mol. The highest BCUT2D eigenvalue weighted by Gasteiger charge is 2.12. The van der Waals surface area contributed by atoms with Crippen LogP contribution in [-0.4, -0.2) is 12.1 Å². The maximum atomic E-state index is 11.2. The number of rotatable bonds is 5. The van der Waals surface area contributed by atoms with Crippen molar-refractivity contribution in [1.82, 2.24) is 0 Å². The topological polar surface area (TPSA) is 26.3 Å². The zero-order chi connectivity index (χ0) is 10.4. The summed E-state index contributed by atoms with van der Waals surface area (Å²) in [7, 11) is 0. The van der Waals surface area contributed by atoms with Crippen molar-refractivity contribution in [2.75, 3.05) is 0 Å². The van der Waals surface area contributed by atoms with E-state index in [4.69, 9.17) is 4.74 Å². The number of carbonyl (C=O) groups excluding carboxylic acids is 1. The highest BCUT2D eigenvalue weighted by atomic mass is 16.5. The number of esters is 1. The summed E-state index contributed by atoms with van der Waals surface area (Å²) in [5, 5.41) is 0. The Bertz CT molecular complexity index is 183. The number of carbonyl (C=O) groups is 1. The third-order valence-corrected chi connectivity index (χ3v) is 1.83. The summed E-state index contributed by atoms with van der Waals surface area (Å²) in [4.78, 5) is 11.2. The van der Waals surface area contributed by atoms with E-state index in [1.165, 1.54) is 0 Å². The standard InChI is InChI=1S/C11H20O2/c1-6-9(4)11(12)13-10(5)7-8(2)3/h8,10H,4,6-7H2,1-3,5H3. The molecule has 0 aliphatic heterocycles. The average Bonchev–Trinajstić information content (AvgIpc) is 2.01. The molecule has 2 nitrogen and oxygen atoms in total. The van der Waals surface area contributed by atoms with Crippen LogP contribution in [0.2, 0.25) is 0 Å². The minimum absolute atomic E-state index is 0.00389. The molecule has 0 aliphatic carbocycles.